The average molecular weight is 273 g/mol. The fourth-order valence-electron chi connectivity index (χ4n) is 1.44. The molecule has 0 fully saturated rings. The van der Waals surface area contributed by atoms with Gasteiger partial charge in [0.15, 0.2) is 0 Å². The highest BCUT2D eigenvalue weighted by atomic mass is 17.0. The lowest BCUT2D eigenvalue weighted by atomic mass is 10.1. The number of nitrogens with zero attached hydrogens (tertiary/aromatic N) is 1. The van der Waals surface area contributed by atoms with E-state index in [1.54, 1.807) is 13.8 Å². The molecule has 0 saturated carbocycles. The molecule has 0 spiro atoms. The molecule has 0 radical (unpaired) electrons. The minimum Gasteiger partial charge on any atom is -0.333 e. The number of hydroxylamine groups is 2. The first-order chi connectivity index (χ1) is 8.99. The average Bonchev–Trinajstić information content (AvgIpc) is 2.37. The van der Waals surface area contributed by atoms with Crippen LogP contribution in [-0.2, 0) is 19.3 Å². The largest absolute Gasteiger partial charge is 0.333 e. The zero-order valence-electron chi connectivity index (χ0n) is 12.6. The maximum atomic E-state index is 11.2. The van der Waals surface area contributed by atoms with Crippen LogP contribution < -0.4 is 0 Å². The van der Waals surface area contributed by atoms with Gasteiger partial charge < -0.3 is 9.68 Å². The van der Waals surface area contributed by atoms with Gasteiger partial charge in [-0.25, -0.2) is 0 Å². The molecule has 0 aliphatic rings. The molecular weight excluding hydrogens is 246 g/mol. The highest BCUT2D eigenvalue weighted by Gasteiger charge is 2.14. The van der Waals surface area contributed by atoms with Crippen LogP contribution in [0, 0.1) is 5.92 Å². The van der Waals surface area contributed by atoms with Gasteiger partial charge in [-0.1, -0.05) is 47.0 Å². The van der Waals surface area contributed by atoms with Gasteiger partial charge in [-0.3, -0.25) is 9.59 Å². The van der Waals surface area contributed by atoms with E-state index in [2.05, 4.69) is 13.8 Å². The number of hydrogen-bond acceptors (Lipinski definition) is 5. The van der Waals surface area contributed by atoms with Crippen molar-refractivity contribution >= 4 is 11.9 Å². The standard InChI is InChI=1S/C14H27NO4/c1-5-13(16)18-15(19-14(17)6-2)11-9-7-8-10-12(3)4/h12H,5-11H2,1-4H3. The normalized spacial score (nSPS) is 10.8. The van der Waals surface area contributed by atoms with Crippen molar-refractivity contribution in [3.8, 4) is 0 Å². The summed E-state index contributed by atoms with van der Waals surface area (Å²) in [6.45, 7) is 8.21. The van der Waals surface area contributed by atoms with Crippen molar-refractivity contribution in [2.75, 3.05) is 6.54 Å². The Balaban J connectivity index is 3.97. The Morgan fingerprint density at radius 3 is 1.89 bits per heavy atom. The first-order valence-corrected chi connectivity index (χ1v) is 7.18. The lowest BCUT2D eigenvalue weighted by Crippen LogP contribution is -2.31. The zero-order valence-corrected chi connectivity index (χ0v) is 12.6. The van der Waals surface area contributed by atoms with E-state index < -0.39 is 11.9 Å². The monoisotopic (exact) mass is 273 g/mol. The maximum Gasteiger partial charge on any atom is 0.328 e. The summed E-state index contributed by atoms with van der Waals surface area (Å²) in [4.78, 5) is 32.3. The SMILES string of the molecule is CCC(=O)ON(CCCCCC(C)C)OC(=O)CC. The van der Waals surface area contributed by atoms with Crippen LogP contribution >= 0.6 is 0 Å². The molecule has 0 heterocycles. The number of carbonyl (C=O) groups is 2. The molecule has 112 valence electrons. The van der Waals surface area contributed by atoms with Gasteiger partial charge in [0.2, 0.25) is 0 Å². The first kappa shape index (κ1) is 17.9. The molecule has 0 saturated heterocycles. The lowest BCUT2D eigenvalue weighted by molar-refractivity contribution is -0.325. The molecule has 0 aromatic heterocycles. The highest BCUT2D eigenvalue weighted by molar-refractivity contribution is 5.69. The van der Waals surface area contributed by atoms with E-state index in [9.17, 15) is 9.59 Å². The van der Waals surface area contributed by atoms with E-state index >= 15 is 0 Å². The lowest BCUT2D eigenvalue weighted by Gasteiger charge is -2.19. The van der Waals surface area contributed by atoms with Gasteiger partial charge in [-0.15, -0.1) is 0 Å². The number of unbranched alkanes of at least 4 members (excludes halogenated alkanes) is 2. The Morgan fingerprint density at radius 2 is 1.47 bits per heavy atom. The van der Waals surface area contributed by atoms with Crippen LogP contribution in [0.5, 0.6) is 0 Å². The highest BCUT2D eigenvalue weighted by Crippen LogP contribution is 2.09. The maximum absolute atomic E-state index is 11.2. The van der Waals surface area contributed by atoms with Gasteiger partial charge in [0.05, 0.1) is 6.54 Å². The van der Waals surface area contributed by atoms with Crippen LogP contribution in [0.2, 0.25) is 0 Å². The minimum atomic E-state index is -0.397. The third kappa shape index (κ3) is 10.5. The summed E-state index contributed by atoms with van der Waals surface area (Å²) in [5.41, 5.74) is 0. The second-order valence-electron chi connectivity index (χ2n) is 4.93. The Kier molecular flexibility index (Phi) is 10.2. The van der Waals surface area contributed by atoms with Gasteiger partial charge >= 0.3 is 11.9 Å². The second-order valence-corrected chi connectivity index (χ2v) is 4.93. The van der Waals surface area contributed by atoms with E-state index in [0.717, 1.165) is 24.5 Å². The summed E-state index contributed by atoms with van der Waals surface area (Å²) in [5.74, 6) is -0.0934. The fraction of sp³-hybridized carbons (Fsp3) is 0.857. The van der Waals surface area contributed by atoms with Crippen LogP contribution in [-0.4, -0.2) is 23.7 Å². The zero-order chi connectivity index (χ0) is 14.7. The van der Waals surface area contributed by atoms with E-state index in [0.29, 0.717) is 12.5 Å². The molecule has 19 heavy (non-hydrogen) atoms. The van der Waals surface area contributed by atoms with E-state index in [-0.39, 0.29) is 12.8 Å². The summed E-state index contributed by atoms with van der Waals surface area (Å²) in [7, 11) is 0. The Morgan fingerprint density at radius 1 is 0.947 bits per heavy atom. The van der Waals surface area contributed by atoms with Crippen molar-refractivity contribution < 1.29 is 19.3 Å². The molecule has 0 amide bonds. The summed E-state index contributed by atoms with van der Waals surface area (Å²) in [5, 5.41) is 1.02. The predicted octanol–water partition coefficient (Wildman–Crippen LogP) is 3.24. The van der Waals surface area contributed by atoms with Crippen molar-refractivity contribution in [3.63, 3.8) is 0 Å². The van der Waals surface area contributed by atoms with Crippen LogP contribution in [0.15, 0.2) is 0 Å². The molecule has 0 rings (SSSR count). The Bertz CT molecular complexity index is 248. The van der Waals surface area contributed by atoms with Crippen molar-refractivity contribution in [2.24, 2.45) is 5.92 Å². The molecule has 0 N–H and O–H groups in total. The number of hydrogen-bond donors (Lipinski definition) is 0. The van der Waals surface area contributed by atoms with Crippen LogP contribution in [0.25, 0.3) is 0 Å². The molecule has 0 atom stereocenters. The summed E-state index contributed by atoms with van der Waals surface area (Å²) < 4.78 is 0. The second kappa shape index (κ2) is 10.8. The topological polar surface area (TPSA) is 55.8 Å². The minimum absolute atomic E-state index is 0.257. The van der Waals surface area contributed by atoms with Gasteiger partial charge in [0, 0.05) is 18.1 Å². The van der Waals surface area contributed by atoms with Crippen molar-refractivity contribution in [1.29, 1.82) is 0 Å². The Labute approximate surface area is 116 Å². The van der Waals surface area contributed by atoms with E-state index in [1.165, 1.54) is 6.42 Å². The quantitative estimate of drug-likeness (QED) is 0.452. The summed E-state index contributed by atoms with van der Waals surface area (Å²) >= 11 is 0. The Hall–Kier alpha value is -1.10. The third-order valence-corrected chi connectivity index (χ3v) is 2.61. The smallest absolute Gasteiger partial charge is 0.328 e. The summed E-state index contributed by atoms with van der Waals surface area (Å²) in [6, 6.07) is 0. The molecule has 0 aliphatic heterocycles. The van der Waals surface area contributed by atoms with Crippen LogP contribution in [0.1, 0.15) is 66.2 Å². The first-order valence-electron chi connectivity index (χ1n) is 7.18. The number of rotatable bonds is 10. The summed E-state index contributed by atoms with van der Waals surface area (Å²) in [6.07, 6.45) is 4.70. The molecule has 0 unspecified atom stereocenters. The van der Waals surface area contributed by atoms with Crippen molar-refractivity contribution in [3.05, 3.63) is 0 Å². The third-order valence-electron chi connectivity index (χ3n) is 2.61. The van der Waals surface area contributed by atoms with Gasteiger partial charge in [-0.2, -0.15) is 0 Å². The van der Waals surface area contributed by atoms with Gasteiger partial charge in [0.1, 0.15) is 0 Å². The molecular formula is C14H27NO4. The van der Waals surface area contributed by atoms with Gasteiger partial charge in [-0.05, 0) is 12.3 Å². The molecule has 0 aliphatic carbocycles. The predicted molar refractivity (Wildman–Crippen MR) is 72.8 cm³/mol. The molecule has 5 heteroatoms. The van der Waals surface area contributed by atoms with E-state index in [1.807, 2.05) is 0 Å². The fourth-order valence-corrected chi connectivity index (χ4v) is 1.44. The molecule has 0 bridgehead atoms. The molecule has 0 aromatic carbocycles. The molecule has 5 nitrogen and oxygen atoms in total. The van der Waals surface area contributed by atoms with Crippen molar-refractivity contribution in [2.45, 2.75) is 66.2 Å². The van der Waals surface area contributed by atoms with E-state index in [4.69, 9.17) is 9.68 Å². The molecule has 0 aromatic rings. The van der Waals surface area contributed by atoms with Crippen LogP contribution in [0.3, 0.4) is 0 Å². The number of carbonyl (C=O) groups excluding carboxylic acids is 2. The van der Waals surface area contributed by atoms with Crippen molar-refractivity contribution in [1.82, 2.24) is 5.23 Å². The van der Waals surface area contributed by atoms with Gasteiger partial charge in [0.25, 0.3) is 0 Å². The van der Waals surface area contributed by atoms with Crippen LogP contribution in [0.4, 0.5) is 0 Å².